The van der Waals surface area contributed by atoms with Crippen molar-refractivity contribution in [1.29, 1.82) is 0 Å². The van der Waals surface area contributed by atoms with E-state index in [9.17, 15) is 9.59 Å². The van der Waals surface area contributed by atoms with Crippen molar-refractivity contribution in [3.8, 4) is 0 Å². The second kappa shape index (κ2) is 6.30. The predicted octanol–water partition coefficient (Wildman–Crippen LogP) is 0.279. The molecule has 0 aliphatic heterocycles. The molecule has 1 aromatic heterocycles. The Kier molecular flexibility index (Phi) is 5.01. The SMILES string of the molecule is COC(=O)C(C[Se]C)OC(=O)c1cnc[nH]1. The van der Waals surface area contributed by atoms with Crippen LogP contribution in [0.1, 0.15) is 10.5 Å². The number of nitrogens with one attached hydrogen (secondary N) is 1. The minimum atomic E-state index is -0.828. The first-order valence-electron chi connectivity index (χ1n) is 4.45. The van der Waals surface area contributed by atoms with Crippen LogP contribution in [-0.2, 0) is 14.3 Å². The topological polar surface area (TPSA) is 81.3 Å². The van der Waals surface area contributed by atoms with Crippen LogP contribution in [0.2, 0.25) is 11.1 Å². The van der Waals surface area contributed by atoms with Crippen LogP contribution in [0.4, 0.5) is 0 Å². The van der Waals surface area contributed by atoms with Crippen molar-refractivity contribution in [2.75, 3.05) is 7.11 Å². The van der Waals surface area contributed by atoms with Crippen LogP contribution < -0.4 is 0 Å². The monoisotopic (exact) mass is 292 g/mol. The molecule has 0 aliphatic rings. The van der Waals surface area contributed by atoms with E-state index in [-0.39, 0.29) is 20.7 Å². The van der Waals surface area contributed by atoms with Crippen molar-refractivity contribution in [2.45, 2.75) is 17.2 Å². The molecule has 1 N–H and O–H groups in total. The molecular formula is C9H12N2O4Se. The summed E-state index contributed by atoms with van der Waals surface area (Å²) in [5.74, 6) is 0.821. The first-order chi connectivity index (χ1) is 7.69. The van der Waals surface area contributed by atoms with Crippen molar-refractivity contribution >= 4 is 26.9 Å². The van der Waals surface area contributed by atoms with Gasteiger partial charge in [0.25, 0.3) is 0 Å². The number of carbonyl (C=O) groups is 2. The van der Waals surface area contributed by atoms with Gasteiger partial charge in [0.05, 0.1) is 0 Å². The van der Waals surface area contributed by atoms with Crippen LogP contribution in [0.3, 0.4) is 0 Å². The normalized spacial score (nSPS) is 11.9. The quantitative estimate of drug-likeness (QED) is 0.622. The molecule has 0 aromatic carbocycles. The Morgan fingerprint density at radius 1 is 1.62 bits per heavy atom. The van der Waals surface area contributed by atoms with Crippen LogP contribution in [0, 0.1) is 0 Å². The van der Waals surface area contributed by atoms with Crippen molar-refractivity contribution in [3.63, 3.8) is 0 Å². The third kappa shape index (κ3) is 3.36. The number of methoxy groups -OCH3 is 1. The number of esters is 2. The molecular weight excluding hydrogens is 279 g/mol. The molecule has 0 saturated carbocycles. The van der Waals surface area contributed by atoms with Gasteiger partial charge in [0.1, 0.15) is 0 Å². The number of imidazole rings is 1. The first kappa shape index (κ1) is 12.7. The molecule has 1 atom stereocenters. The van der Waals surface area contributed by atoms with Crippen LogP contribution in [0.25, 0.3) is 0 Å². The van der Waals surface area contributed by atoms with E-state index in [2.05, 4.69) is 14.7 Å². The molecule has 1 aromatic rings. The molecule has 0 radical (unpaired) electrons. The second-order valence-corrected chi connectivity index (χ2v) is 4.75. The Hall–Kier alpha value is -1.33. The van der Waals surface area contributed by atoms with Gasteiger partial charge in [-0.25, -0.2) is 0 Å². The minimum absolute atomic E-state index is 0.215. The average Bonchev–Trinajstić information content (AvgIpc) is 2.80. The molecule has 1 unspecified atom stereocenters. The number of hydrogen-bond acceptors (Lipinski definition) is 5. The Morgan fingerprint density at radius 2 is 2.38 bits per heavy atom. The van der Waals surface area contributed by atoms with Gasteiger partial charge in [0.2, 0.25) is 0 Å². The van der Waals surface area contributed by atoms with Gasteiger partial charge in [0, 0.05) is 0 Å². The zero-order valence-electron chi connectivity index (χ0n) is 8.93. The Morgan fingerprint density at radius 3 is 2.88 bits per heavy atom. The van der Waals surface area contributed by atoms with E-state index in [1.165, 1.54) is 19.6 Å². The van der Waals surface area contributed by atoms with Gasteiger partial charge in [-0.2, -0.15) is 0 Å². The Bertz CT molecular complexity index is 352. The van der Waals surface area contributed by atoms with Gasteiger partial charge in [0.15, 0.2) is 0 Å². The molecule has 1 rings (SSSR count). The number of aromatic nitrogens is 2. The standard InChI is InChI=1S/C9H12N2O4Se/c1-14-9(13)7(4-16-2)15-8(12)6-3-10-5-11-6/h3,5,7H,4H2,1-2H3,(H,10,11). The van der Waals surface area contributed by atoms with Gasteiger partial charge < -0.3 is 0 Å². The summed E-state index contributed by atoms with van der Waals surface area (Å²) < 4.78 is 9.57. The maximum atomic E-state index is 11.5. The number of H-pyrrole nitrogens is 1. The molecule has 7 heteroatoms. The van der Waals surface area contributed by atoms with Crippen molar-refractivity contribution in [1.82, 2.24) is 9.97 Å². The summed E-state index contributed by atoms with van der Waals surface area (Å²) >= 11 is 0.215. The predicted molar refractivity (Wildman–Crippen MR) is 56.2 cm³/mol. The summed E-state index contributed by atoms with van der Waals surface area (Å²) in [5.41, 5.74) is 0.220. The van der Waals surface area contributed by atoms with Crippen LogP contribution in [0.15, 0.2) is 12.5 Å². The number of nitrogens with zero attached hydrogens (tertiary/aromatic N) is 1. The van der Waals surface area contributed by atoms with Gasteiger partial charge >= 0.3 is 98.5 Å². The fourth-order valence-electron chi connectivity index (χ4n) is 0.993. The molecule has 0 aliphatic carbocycles. The number of rotatable bonds is 5. The first-order valence-corrected chi connectivity index (χ1v) is 7.37. The Labute approximate surface area is 98.9 Å². The third-order valence-corrected chi connectivity index (χ3v) is 3.08. The average molecular weight is 291 g/mol. The Balaban J connectivity index is 2.61. The molecule has 0 amide bonds. The summed E-state index contributed by atoms with van der Waals surface area (Å²) in [5, 5.41) is 0.500. The molecule has 16 heavy (non-hydrogen) atoms. The summed E-state index contributed by atoms with van der Waals surface area (Å²) in [6.07, 6.45) is 1.88. The molecule has 1 heterocycles. The van der Waals surface area contributed by atoms with E-state index in [0.717, 1.165) is 0 Å². The van der Waals surface area contributed by atoms with E-state index in [4.69, 9.17) is 4.74 Å². The molecule has 0 bridgehead atoms. The van der Waals surface area contributed by atoms with Crippen molar-refractivity contribution in [3.05, 3.63) is 18.2 Å². The summed E-state index contributed by atoms with van der Waals surface area (Å²) in [6, 6.07) is 0. The molecule has 6 nitrogen and oxygen atoms in total. The molecule has 0 spiro atoms. The van der Waals surface area contributed by atoms with Crippen molar-refractivity contribution < 1.29 is 19.1 Å². The zero-order chi connectivity index (χ0) is 12.0. The van der Waals surface area contributed by atoms with E-state index in [0.29, 0.717) is 5.32 Å². The van der Waals surface area contributed by atoms with Crippen molar-refractivity contribution in [2.24, 2.45) is 0 Å². The van der Waals surface area contributed by atoms with E-state index in [1.54, 1.807) is 0 Å². The summed E-state index contributed by atoms with van der Waals surface area (Å²) in [7, 11) is 1.27. The van der Waals surface area contributed by atoms with Gasteiger partial charge in [-0.3, -0.25) is 0 Å². The van der Waals surface area contributed by atoms with Crippen LogP contribution in [0.5, 0.6) is 0 Å². The third-order valence-electron chi connectivity index (χ3n) is 1.75. The summed E-state index contributed by atoms with van der Waals surface area (Å²) in [4.78, 5) is 29.1. The van der Waals surface area contributed by atoms with E-state index >= 15 is 0 Å². The van der Waals surface area contributed by atoms with Gasteiger partial charge in [-0.15, -0.1) is 0 Å². The number of ether oxygens (including phenoxy) is 2. The van der Waals surface area contributed by atoms with Gasteiger partial charge in [-0.05, 0) is 0 Å². The fourth-order valence-corrected chi connectivity index (χ4v) is 2.06. The molecule has 0 saturated heterocycles. The van der Waals surface area contributed by atoms with Crippen LogP contribution >= 0.6 is 0 Å². The van der Waals surface area contributed by atoms with E-state index in [1.807, 2.05) is 5.82 Å². The van der Waals surface area contributed by atoms with Crippen LogP contribution in [-0.4, -0.2) is 50.1 Å². The number of aromatic amines is 1. The zero-order valence-corrected chi connectivity index (χ0v) is 10.6. The summed E-state index contributed by atoms with van der Waals surface area (Å²) in [6.45, 7) is 0. The van der Waals surface area contributed by atoms with E-state index < -0.39 is 18.0 Å². The molecule has 0 fully saturated rings. The molecule has 88 valence electrons. The number of carbonyl (C=O) groups excluding carboxylic acids is 2. The number of hydrogen-bond donors (Lipinski definition) is 1. The fraction of sp³-hybridized carbons (Fsp3) is 0.444. The maximum absolute atomic E-state index is 11.5. The van der Waals surface area contributed by atoms with Gasteiger partial charge in [-0.1, -0.05) is 0 Å². The second-order valence-electron chi connectivity index (χ2n) is 2.84.